The van der Waals surface area contributed by atoms with Crippen molar-refractivity contribution in [3.8, 4) is 0 Å². The lowest BCUT2D eigenvalue weighted by Crippen LogP contribution is -2.06. The molecule has 0 aliphatic heterocycles. The molecule has 0 heterocycles. The van der Waals surface area contributed by atoms with Crippen molar-refractivity contribution in [3.05, 3.63) is 6.54 Å². The Bertz CT molecular complexity index is 59.7. The molecule has 0 unspecified atom stereocenters. The summed E-state index contributed by atoms with van der Waals surface area (Å²) < 4.78 is 0. The Morgan fingerprint density at radius 1 is 1.10 bits per heavy atom. The summed E-state index contributed by atoms with van der Waals surface area (Å²) in [4.78, 5) is 2.13. The molecule has 0 amide bonds. The second kappa shape index (κ2) is 7.07. The van der Waals surface area contributed by atoms with Crippen molar-refractivity contribution < 1.29 is 0 Å². The van der Waals surface area contributed by atoms with Crippen LogP contribution in [0.25, 0.3) is 0 Å². The van der Waals surface area contributed by atoms with E-state index < -0.39 is 0 Å². The van der Waals surface area contributed by atoms with Gasteiger partial charge >= 0.3 is 0 Å². The average Bonchev–Trinajstić information content (AvgIpc) is 1.87. The molecule has 0 aromatic heterocycles. The van der Waals surface area contributed by atoms with Gasteiger partial charge in [0.25, 0.3) is 0 Å². The van der Waals surface area contributed by atoms with E-state index in [1.54, 1.807) is 0 Å². The predicted molar refractivity (Wildman–Crippen MR) is 46.7 cm³/mol. The third-order valence-corrected chi connectivity index (χ3v) is 1.55. The second-order valence-corrected chi connectivity index (χ2v) is 3.00. The van der Waals surface area contributed by atoms with Crippen molar-refractivity contribution in [2.45, 2.75) is 39.0 Å². The molecule has 10 heavy (non-hydrogen) atoms. The largest absolute Gasteiger partial charge is 0.305 e. The molecule has 0 saturated heterocycles. The number of nitrogens with zero attached hydrogens (tertiary/aromatic N) is 1. The maximum atomic E-state index is 2.25. The predicted octanol–water partition coefficient (Wildman–Crippen LogP) is 2.68. The molecule has 0 atom stereocenters. The molecule has 1 nitrogen and oxygen atoms in total. The molecule has 0 spiro atoms. The molecule has 0 aromatic carbocycles. The van der Waals surface area contributed by atoms with Gasteiger partial charge in [0, 0.05) is 6.54 Å². The van der Waals surface area contributed by atoms with Crippen LogP contribution in [0.4, 0.5) is 0 Å². The lowest BCUT2D eigenvalue weighted by atomic mass is 10.1. The summed E-state index contributed by atoms with van der Waals surface area (Å²) >= 11 is 0. The minimum absolute atomic E-state index is 1.24. The fourth-order valence-electron chi connectivity index (χ4n) is 0.921. The fraction of sp³-hybridized carbons (Fsp3) is 0.889. The molecule has 1 heteroatoms. The van der Waals surface area contributed by atoms with E-state index in [0.29, 0.717) is 0 Å². The third kappa shape index (κ3) is 7.96. The number of hydrogen-bond donors (Lipinski definition) is 0. The van der Waals surface area contributed by atoms with Crippen LogP contribution in [0.1, 0.15) is 39.0 Å². The summed E-state index contributed by atoms with van der Waals surface area (Å²) in [5, 5.41) is 0. The third-order valence-electron chi connectivity index (χ3n) is 1.55. The first-order valence-corrected chi connectivity index (χ1v) is 4.27. The van der Waals surface area contributed by atoms with Gasteiger partial charge in [-0.3, -0.25) is 0 Å². The van der Waals surface area contributed by atoms with Crippen LogP contribution < -0.4 is 0 Å². The molecule has 0 bridgehead atoms. The maximum Gasteiger partial charge on any atom is 0.0245 e. The van der Waals surface area contributed by atoms with Crippen molar-refractivity contribution in [2.75, 3.05) is 14.1 Å². The first kappa shape index (κ1) is 9.96. The number of hydrogen-bond acceptors (Lipinski definition) is 1. The molecule has 0 fully saturated rings. The maximum absolute atomic E-state index is 2.25. The van der Waals surface area contributed by atoms with Crippen molar-refractivity contribution in [1.29, 1.82) is 0 Å². The van der Waals surface area contributed by atoms with Crippen LogP contribution in [0.5, 0.6) is 0 Å². The molecule has 0 saturated carbocycles. The van der Waals surface area contributed by atoms with Gasteiger partial charge in [0.05, 0.1) is 0 Å². The van der Waals surface area contributed by atoms with Gasteiger partial charge in [0.2, 0.25) is 0 Å². The normalized spacial score (nSPS) is 10.8. The van der Waals surface area contributed by atoms with Gasteiger partial charge in [-0.25, -0.2) is 0 Å². The molecule has 0 aromatic rings. The van der Waals surface area contributed by atoms with Gasteiger partial charge in [-0.1, -0.05) is 32.6 Å². The van der Waals surface area contributed by atoms with Crippen molar-refractivity contribution >= 4 is 0 Å². The van der Waals surface area contributed by atoms with Crippen molar-refractivity contribution in [1.82, 2.24) is 4.90 Å². The summed E-state index contributed by atoms with van der Waals surface area (Å²) in [7, 11) is 4.17. The molecule has 0 N–H and O–H groups in total. The Kier molecular flexibility index (Phi) is 7.04. The summed E-state index contributed by atoms with van der Waals surface area (Å²) in [5.41, 5.74) is 0. The van der Waals surface area contributed by atoms with Crippen molar-refractivity contribution in [2.24, 2.45) is 0 Å². The van der Waals surface area contributed by atoms with Crippen LogP contribution >= 0.6 is 0 Å². The highest BCUT2D eigenvalue weighted by atomic mass is 15.0. The van der Waals surface area contributed by atoms with E-state index in [1.807, 2.05) is 0 Å². The molecule has 0 aliphatic carbocycles. The van der Waals surface area contributed by atoms with E-state index >= 15 is 0 Å². The fourth-order valence-corrected chi connectivity index (χ4v) is 0.921. The second-order valence-electron chi connectivity index (χ2n) is 3.00. The van der Waals surface area contributed by atoms with Crippen LogP contribution in [-0.4, -0.2) is 19.0 Å². The van der Waals surface area contributed by atoms with E-state index in [4.69, 9.17) is 0 Å². The first-order valence-electron chi connectivity index (χ1n) is 4.27. The van der Waals surface area contributed by atoms with Gasteiger partial charge < -0.3 is 4.90 Å². The topological polar surface area (TPSA) is 3.24 Å². The highest BCUT2D eigenvalue weighted by Crippen LogP contribution is 2.04. The minimum atomic E-state index is 1.24. The Morgan fingerprint density at radius 3 is 2.30 bits per heavy atom. The summed E-state index contributed by atoms with van der Waals surface area (Å²) in [6.07, 6.45) is 6.71. The zero-order valence-corrected chi connectivity index (χ0v) is 7.56. The van der Waals surface area contributed by atoms with Crippen LogP contribution in [0.3, 0.4) is 0 Å². The lowest BCUT2D eigenvalue weighted by molar-refractivity contribution is 0.464. The average molecular weight is 142 g/mol. The Hall–Kier alpha value is -0.0400. The highest BCUT2D eigenvalue weighted by molar-refractivity contribution is 4.59. The Balaban J connectivity index is 2.77. The highest BCUT2D eigenvalue weighted by Gasteiger charge is 1.90. The molecular formula is C9H20N. The quantitative estimate of drug-likeness (QED) is 0.515. The van der Waals surface area contributed by atoms with Crippen LogP contribution in [0.2, 0.25) is 0 Å². The molecular weight excluding hydrogens is 122 g/mol. The van der Waals surface area contributed by atoms with Gasteiger partial charge in [-0.05, 0) is 20.5 Å². The number of unbranched alkanes of at least 4 members (excludes halogenated alkanes) is 4. The monoisotopic (exact) mass is 142 g/mol. The Morgan fingerprint density at radius 2 is 1.80 bits per heavy atom. The van der Waals surface area contributed by atoms with Crippen LogP contribution in [0.15, 0.2) is 0 Å². The zero-order chi connectivity index (χ0) is 7.82. The zero-order valence-electron chi connectivity index (χ0n) is 7.56. The standard InChI is InChI=1S/C9H20N/c1-4-5-6-7-8-9-10(2)3/h9H,4-8H2,1-3H3. The van der Waals surface area contributed by atoms with E-state index in [0.717, 1.165) is 0 Å². The molecule has 61 valence electrons. The van der Waals surface area contributed by atoms with E-state index in [-0.39, 0.29) is 0 Å². The van der Waals surface area contributed by atoms with E-state index in [1.165, 1.54) is 32.1 Å². The molecule has 0 rings (SSSR count). The number of rotatable bonds is 6. The van der Waals surface area contributed by atoms with Crippen LogP contribution in [0, 0.1) is 6.54 Å². The lowest BCUT2D eigenvalue weighted by Gasteiger charge is -2.07. The Labute approximate surface area is 65.4 Å². The van der Waals surface area contributed by atoms with E-state index in [9.17, 15) is 0 Å². The summed E-state index contributed by atoms with van der Waals surface area (Å²) in [5.74, 6) is 0. The summed E-state index contributed by atoms with van der Waals surface area (Å²) in [6.45, 7) is 4.49. The van der Waals surface area contributed by atoms with Gasteiger partial charge in [-0.2, -0.15) is 0 Å². The summed E-state index contributed by atoms with van der Waals surface area (Å²) in [6, 6.07) is 0. The smallest absolute Gasteiger partial charge is 0.0245 e. The minimum Gasteiger partial charge on any atom is -0.305 e. The van der Waals surface area contributed by atoms with Gasteiger partial charge in [0.15, 0.2) is 0 Å². The van der Waals surface area contributed by atoms with E-state index in [2.05, 4.69) is 32.5 Å². The van der Waals surface area contributed by atoms with Crippen LogP contribution in [-0.2, 0) is 0 Å². The first-order chi connectivity index (χ1) is 4.77. The van der Waals surface area contributed by atoms with Gasteiger partial charge in [-0.15, -0.1) is 0 Å². The van der Waals surface area contributed by atoms with Crippen molar-refractivity contribution in [3.63, 3.8) is 0 Å². The molecule has 0 aliphatic rings. The molecule has 1 radical (unpaired) electrons. The SMILES string of the molecule is CCCCCC[CH]N(C)C. The van der Waals surface area contributed by atoms with Gasteiger partial charge in [0.1, 0.15) is 0 Å².